The monoisotopic (exact) mass is 466 g/mol. The van der Waals surface area contributed by atoms with Crippen molar-refractivity contribution in [2.24, 2.45) is 12.8 Å². The van der Waals surface area contributed by atoms with Crippen LogP contribution < -0.4 is 11.3 Å². The Morgan fingerprint density at radius 3 is 2.52 bits per heavy atom. The molecule has 8 nitrogen and oxygen atoms in total. The lowest BCUT2D eigenvalue weighted by Crippen LogP contribution is -2.37. The Hall–Kier alpha value is -3.26. The van der Waals surface area contributed by atoms with E-state index in [4.69, 9.17) is 16.1 Å². The third kappa shape index (κ3) is 3.99. The number of aromatic nitrogens is 3. The number of nitrogens with two attached hydrogens (primary N) is 1. The second kappa shape index (κ2) is 8.59. The molecule has 0 radical (unpaired) electrons. The summed E-state index contributed by atoms with van der Waals surface area (Å²) in [5.41, 5.74) is 8.97. The van der Waals surface area contributed by atoms with Gasteiger partial charge in [0.15, 0.2) is 0 Å². The topological polar surface area (TPSA) is 118 Å². The van der Waals surface area contributed by atoms with E-state index in [2.05, 4.69) is 4.98 Å². The first-order chi connectivity index (χ1) is 15.4. The van der Waals surface area contributed by atoms with Crippen molar-refractivity contribution in [1.82, 2.24) is 19.4 Å². The van der Waals surface area contributed by atoms with Gasteiger partial charge in [-0.2, -0.15) is 0 Å². The number of rotatable bonds is 5. The van der Waals surface area contributed by atoms with Crippen molar-refractivity contribution in [2.75, 3.05) is 13.1 Å². The van der Waals surface area contributed by atoms with E-state index in [0.717, 1.165) is 55.4 Å². The van der Waals surface area contributed by atoms with Crippen LogP contribution in [0.4, 0.5) is 0 Å². The predicted octanol–water partition coefficient (Wildman–Crippen LogP) is 2.28. The summed E-state index contributed by atoms with van der Waals surface area (Å²) < 4.78 is 1.61. The van der Waals surface area contributed by atoms with E-state index in [1.807, 2.05) is 23.1 Å². The number of aryl methyl sites for hydroxylation is 1. The SMILES string of the molecule is Cl.Cn1c(=O)c(Cc2ccc(C(=N)N)nc2)nc2cc(C3(C(=O)N4CCCC4)CC3)ccc21. The molecule has 3 N–H and O–H groups in total. The summed E-state index contributed by atoms with van der Waals surface area (Å²) >= 11 is 0. The molecule has 2 fully saturated rings. The molecular formula is C24H27ClN6O2. The van der Waals surface area contributed by atoms with E-state index in [1.165, 1.54) is 0 Å². The van der Waals surface area contributed by atoms with E-state index < -0.39 is 5.41 Å². The Labute approximate surface area is 197 Å². The van der Waals surface area contributed by atoms with Gasteiger partial charge in [-0.25, -0.2) is 4.98 Å². The summed E-state index contributed by atoms with van der Waals surface area (Å²) in [6.45, 7) is 1.70. The van der Waals surface area contributed by atoms with Crippen LogP contribution in [0.5, 0.6) is 0 Å². The van der Waals surface area contributed by atoms with E-state index in [9.17, 15) is 9.59 Å². The Bertz CT molecular complexity index is 1290. The maximum Gasteiger partial charge on any atom is 0.272 e. The van der Waals surface area contributed by atoms with Gasteiger partial charge in [0, 0.05) is 32.8 Å². The normalized spacial score (nSPS) is 16.5. The van der Waals surface area contributed by atoms with Crippen LogP contribution in [0.25, 0.3) is 11.0 Å². The summed E-state index contributed by atoms with van der Waals surface area (Å²) in [4.78, 5) is 37.0. The first kappa shape index (κ1) is 22.9. The minimum Gasteiger partial charge on any atom is -0.382 e. The number of amidine groups is 1. The molecular weight excluding hydrogens is 440 g/mol. The number of nitrogen functional groups attached to an aromatic ring is 1. The molecule has 1 aliphatic heterocycles. The van der Waals surface area contributed by atoms with Crippen molar-refractivity contribution in [3.63, 3.8) is 0 Å². The molecule has 9 heteroatoms. The molecule has 0 bridgehead atoms. The van der Waals surface area contributed by atoms with Gasteiger partial charge in [-0.1, -0.05) is 12.1 Å². The fraction of sp³-hybridized carbons (Fsp3) is 0.375. The van der Waals surface area contributed by atoms with E-state index in [0.29, 0.717) is 23.3 Å². The van der Waals surface area contributed by atoms with Crippen LogP contribution >= 0.6 is 12.4 Å². The van der Waals surface area contributed by atoms with Gasteiger partial charge in [0.25, 0.3) is 5.56 Å². The number of halogens is 1. The number of amides is 1. The zero-order chi connectivity index (χ0) is 22.5. The minimum absolute atomic E-state index is 0. The molecule has 1 aromatic carbocycles. The maximum atomic E-state index is 13.2. The number of carbonyl (C=O) groups excluding carboxylic acids is 1. The smallest absolute Gasteiger partial charge is 0.272 e. The van der Waals surface area contributed by atoms with Crippen LogP contribution in [0.2, 0.25) is 0 Å². The Kier molecular flexibility index (Phi) is 5.97. The largest absolute Gasteiger partial charge is 0.382 e. The summed E-state index contributed by atoms with van der Waals surface area (Å²) in [7, 11) is 1.74. The third-order valence-electron chi connectivity index (χ3n) is 6.72. The average molecular weight is 467 g/mol. The number of likely N-dealkylation sites (tertiary alicyclic amines) is 1. The highest BCUT2D eigenvalue weighted by atomic mass is 35.5. The number of nitrogens with zero attached hydrogens (tertiary/aromatic N) is 4. The van der Waals surface area contributed by atoms with Crippen molar-refractivity contribution in [1.29, 1.82) is 5.41 Å². The Morgan fingerprint density at radius 2 is 1.91 bits per heavy atom. The molecule has 1 saturated carbocycles. The molecule has 1 amide bonds. The average Bonchev–Trinajstić information content (AvgIpc) is 3.42. The first-order valence-corrected chi connectivity index (χ1v) is 11.0. The Balaban J connectivity index is 0.00000259. The number of pyridine rings is 1. The molecule has 33 heavy (non-hydrogen) atoms. The molecule has 0 atom stereocenters. The van der Waals surface area contributed by atoms with Crippen molar-refractivity contribution >= 4 is 35.2 Å². The number of hydrogen-bond donors (Lipinski definition) is 2. The quantitative estimate of drug-likeness (QED) is 0.441. The lowest BCUT2D eigenvalue weighted by atomic mass is 9.93. The van der Waals surface area contributed by atoms with Crippen molar-refractivity contribution in [3.05, 3.63) is 69.4 Å². The molecule has 3 aromatic rings. The summed E-state index contributed by atoms with van der Waals surface area (Å²) in [5.74, 6) is 0.136. The van der Waals surface area contributed by atoms with E-state index >= 15 is 0 Å². The van der Waals surface area contributed by atoms with Gasteiger partial charge in [-0.3, -0.25) is 20.0 Å². The van der Waals surface area contributed by atoms with Crippen LogP contribution in [-0.2, 0) is 23.7 Å². The van der Waals surface area contributed by atoms with Crippen molar-refractivity contribution < 1.29 is 4.79 Å². The van der Waals surface area contributed by atoms with Crippen LogP contribution in [0.3, 0.4) is 0 Å². The van der Waals surface area contributed by atoms with Crippen molar-refractivity contribution in [3.8, 4) is 0 Å². The molecule has 172 valence electrons. The highest BCUT2D eigenvalue weighted by molar-refractivity contribution is 5.93. The highest BCUT2D eigenvalue weighted by Crippen LogP contribution is 2.50. The van der Waals surface area contributed by atoms with Crippen LogP contribution in [0.15, 0.2) is 41.3 Å². The number of nitrogens with one attached hydrogen (secondary N) is 1. The standard InChI is InChI=1S/C24H26N6O2.ClH/c1-29-20-7-5-16(24(8-9-24)23(32)30-10-2-3-11-30)13-18(20)28-19(22(29)31)12-15-4-6-17(21(25)26)27-14-15;/h4-7,13-14H,2-3,8-12H2,1H3,(H3,25,26);1H. The molecule has 0 spiro atoms. The molecule has 5 rings (SSSR count). The number of carbonyl (C=O) groups is 1. The van der Waals surface area contributed by atoms with Gasteiger partial charge in [-0.05, 0) is 55.0 Å². The van der Waals surface area contributed by atoms with Gasteiger partial charge in [0.2, 0.25) is 5.91 Å². The summed E-state index contributed by atoms with van der Waals surface area (Å²) in [6, 6.07) is 9.34. The van der Waals surface area contributed by atoms with Crippen LogP contribution in [-0.4, -0.2) is 44.3 Å². The number of hydrogen-bond acceptors (Lipinski definition) is 5. The molecule has 0 unspecified atom stereocenters. The maximum absolute atomic E-state index is 13.2. The molecule has 2 aromatic heterocycles. The Morgan fingerprint density at radius 1 is 1.18 bits per heavy atom. The lowest BCUT2D eigenvalue weighted by Gasteiger charge is -2.23. The third-order valence-corrected chi connectivity index (χ3v) is 6.72. The number of fused-ring (bicyclic) bond motifs is 1. The molecule has 1 aliphatic carbocycles. The second-order valence-electron chi connectivity index (χ2n) is 8.85. The van der Waals surface area contributed by atoms with Crippen LogP contribution in [0, 0.1) is 5.41 Å². The lowest BCUT2D eigenvalue weighted by molar-refractivity contribution is -0.132. The zero-order valence-corrected chi connectivity index (χ0v) is 19.3. The fourth-order valence-corrected chi connectivity index (χ4v) is 4.66. The second-order valence-corrected chi connectivity index (χ2v) is 8.85. The van der Waals surface area contributed by atoms with Gasteiger partial charge in [-0.15, -0.1) is 12.4 Å². The fourth-order valence-electron chi connectivity index (χ4n) is 4.66. The van der Waals surface area contributed by atoms with E-state index in [1.54, 1.807) is 29.9 Å². The van der Waals surface area contributed by atoms with Gasteiger partial charge >= 0.3 is 0 Å². The van der Waals surface area contributed by atoms with Gasteiger partial charge in [0.1, 0.15) is 17.2 Å². The summed E-state index contributed by atoms with van der Waals surface area (Å²) in [5, 5.41) is 7.46. The molecule has 2 aliphatic rings. The van der Waals surface area contributed by atoms with Crippen molar-refractivity contribution in [2.45, 2.75) is 37.5 Å². The highest BCUT2D eigenvalue weighted by Gasteiger charge is 2.53. The van der Waals surface area contributed by atoms with E-state index in [-0.39, 0.29) is 29.7 Å². The first-order valence-electron chi connectivity index (χ1n) is 11.0. The minimum atomic E-state index is -0.429. The summed E-state index contributed by atoms with van der Waals surface area (Å²) in [6.07, 6.45) is 5.83. The molecule has 1 saturated heterocycles. The molecule has 3 heterocycles. The zero-order valence-electron chi connectivity index (χ0n) is 18.5. The van der Waals surface area contributed by atoms with Crippen LogP contribution in [0.1, 0.15) is 48.2 Å². The van der Waals surface area contributed by atoms with Gasteiger partial charge in [0.05, 0.1) is 16.4 Å². The predicted molar refractivity (Wildman–Crippen MR) is 129 cm³/mol. The van der Waals surface area contributed by atoms with Gasteiger partial charge < -0.3 is 15.2 Å². The number of benzene rings is 1.